The highest BCUT2D eigenvalue weighted by molar-refractivity contribution is 8.00. The number of thioether (sulfide) groups is 1. The van der Waals surface area contributed by atoms with Crippen LogP contribution in [0, 0.1) is 0 Å². The minimum Gasteiger partial charge on any atom is -0.349 e. The molecule has 2 aliphatic rings. The molecule has 0 aromatic heterocycles. The Hall–Kier alpha value is -0.480. The van der Waals surface area contributed by atoms with Gasteiger partial charge in [-0.2, -0.15) is 0 Å². The summed E-state index contributed by atoms with van der Waals surface area (Å²) < 4.78 is 0.00244. The Morgan fingerprint density at radius 1 is 1.56 bits per heavy atom. The van der Waals surface area contributed by atoms with Gasteiger partial charge in [0.05, 0.1) is 0 Å². The van der Waals surface area contributed by atoms with Gasteiger partial charge < -0.3 is 5.32 Å². The summed E-state index contributed by atoms with van der Waals surface area (Å²) in [5, 5.41) is 6.38. The van der Waals surface area contributed by atoms with Gasteiger partial charge in [0.15, 0.2) is 0 Å². The molecule has 4 heteroatoms. The lowest BCUT2D eigenvalue weighted by Crippen LogP contribution is -2.52. The molecule has 1 aliphatic carbocycles. The Morgan fingerprint density at radius 2 is 2.38 bits per heavy atom. The van der Waals surface area contributed by atoms with Gasteiger partial charge in [-0.05, 0) is 33.1 Å². The van der Waals surface area contributed by atoms with Crippen LogP contribution in [0.1, 0.15) is 33.1 Å². The summed E-state index contributed by atoms with van der Waals surface area (Å²) in [6.07, 6.45) is 7.68. The van der Waals surface area contributed by atoms with Crippen LogP contribution in [0.25, 0.3) is 0 Å². The third kappa shape index (κ3) is 2.61. The highest BCUT2D eigenvalue weighted by atomic mass is 32.2. The number of carbonyl (C=O) groups is 1. The van der Waals surface area contributed by atoms with E-state index in [2.05, 4.69) is 36.6 Å². The normalized spacial score (nSPS) is 32.6. The molecule has 2 atom stereocenters. The number of hydrogen-bond acceptors (Lipinski definition) is 3. The predicted molar refractivity (Wildman–Crippen MR) is 68.4 cm³/mol. The summed E-state index contributed by atoms with van der Waals surface area (Å²) in [6, 6.07) is 0.178. The van der Waals surface area contributed by atoms with E-state index in [0.29, 0.717) is 0 Å². The van der Waals surface area contributed by atoms with Gasteiger partial charge in [0, 0.05) is 16.7 Å². The number of allylic oxidation sites excluding steroid dienone is 1. The van der Waals surface area contributed by atoms with E-state index in [1.807, 2.05) is 11.8 Å². The number of carbonyl (C=O) groups excluding carboxylic acids is 1. The first-order valence-corrected chi connectivity index (χ1v) is 6.92. The minimum absolute atomic E-state index is 0.00244. The first-order chi connectivity index (χ1) is 7.59. The Morgan fingerprint density at radius 3 is 2.94 bits per heavy atom. The summed E-state index contributed by atoms with van der Waals surface area (Å²) in [4.78, 5) is 12.1. The number of nitrogens with one attached hydrogen (secondary N) is 2. The van der Waals surface area contributed by atoms with Gasteiger partial charge in [0.2, 0.25) is 5.91 Å². The molecular weight excluding hydrogens is 220 g/mol. The Labute approximate surface area is 101 Å². The molecular formula is C12H20N2OS. The molecule has 2 N–H and O–H groups in total. The molecule has 16 heavy (non-hydrogen) atoms. The highest BCUT2D eigenvalue weighted by Crippen LogP contribution is 2.33. The van der Waals surface area contributed by atoms with Crippen LogP contribution >= 0.6 is 11.8 Å². The van der Waals surface area contributed by atoms with Crippen LogP contribution < -0.4 is 10.6 Å². The van der Waals surface area contributed by atoms with Gasteiger partial charge in [-0.15, -0.1) is 11.8 Å². The van der Waals surface area contributed by atoms with Crippen molar-refractivity contribution in [1.82, 2.24) is 10.6 Å². The van der Waals surface area contributed by atoms with E-state index in [1.165, 1.54) is 6.42 Å². The maximum absolute atomic E-state index is 12.1. The lowest BCUT2D eigenvalue weighted by molar-refractivity contribution is -0.123. The maximum Gasteiger partial charge on any atom is 0.239 e. The second kappa shape index (κ2) is 4.80. The Kier molecular flexibility index (Phi) is 3.60. The molecule has 0 radical (unpaired) electrons. The van der Waals surface area contributed by atoms with Crippen molar-refractivity contribution in [2.45, 2.75) is 49.9 Å². The van der Waals surface area contributed by atoms with Gasteiger partial charge >= 0.3 is 0 Å². The summed E-state index contributed by atoms with van der Waals surface area (Å²) in [6.45, 7) is 4.25. The van der Waals surface area contributed by atoms with Crippen molar-refractivity contribution in [3.8, 4) is 0 Å². The van der Waals surface area contributed by atoms with E-state index in [-0.39, 0.29) is 22.7 Å². The van der Waals surface area contributed by atoms with Crippen molar-refractivity contribution < 1.29 is 4.79 Å². The zero-order chi connectivity index (χ0) is 11.6. The van der Waals surface area contributed by atoms with E-state index in [4.69, 9.17) is 0 Å². The van der Waals surface area contributed by atoms with E-state index in [1.54, 1.807) is 0 Å². The summed E-state index contributed by atoms with van der Waals surface area (Å²) in [7, 11) is 0. The lowest BCUT2D eigenvalue weighted by Gasteiger charge is -2.27. The van der Waals surface area contributed by atoms with Crippen molar-refractivity contribution in [2.75, 3.05) is 5.88 Å². The molecule has 1 heterocycles. The largest absolute Gasteiger partial charge is 0.349 e. The Balaban J connectivity index is 1.92. The SMILES string of the molecule is CC1(C)SCNC1C(=O)N[C@@H]1C=CCCC1. The standard InChI is InChI=1S/C12H20N2OS/c1-12(2)10(13-8-16-12)11(15)14-9-6-4-3-5-7-9/h4,6,9-10,13H,3,5,7-8H2,1-2H3,(H,14,15)/t9-,10?/m1/s1. The summed E-state index contributed by atoms with van der Waals surface area (Å²) in [5.74, 6) is 1.01. The van der Waals surface area contributed by atoms with E-state index in [9.17, 15) is 4.79 Å². The first kappa shape index (κ1) is 12.0. The molecule has 2 rings (SSSR count). The maximum atomic E-state index is 12.1. The molecule has 1 unspecified atom stereocenters. The topological polar surface area (TPSA) is 41.1 Å². The molecule has 90 valence electrons. The zero-order valence-corrected chi connectivity index (χ0v) is 10.8. The quantitative estimate of drug-likeness (QED) is 0.721. The first-order valence-electron chi connectivity index (χ1n) is 5.94. The van der Waals surface area contributed by atoms with Crippen LogP contribution in [0.5, 0.6) is 0 Å². The monoisotopic (exact) mass is 240 g/mol. The van der Waals surface area contributed by atoms with Gasteiger partial charge in [0.1, 0.15) is 6.04 Å². The third-order valence-corrected chi connectivity index (χ3v) is 4.56. The van der Waals surface area contributed by atoms with Crippen LogP contribution in [-0.4, -0.2) is 28.6 Å². The van der Waals surface area contributed by atoms with Gasteiger partial charge in [-0.3, -0.25) is 10.1 Å². The van der Waals surface area contributed by atoms with E-state index < -0.39 is 0 Å². The van der Waals surface area contributed by atoms with Gasteiger partial charge in [-0.1, -0.05) is 12.2 Å². The lowest BCUT2D eigenvalue weighted by atomic mass is 9.99. The fourth-order valence-corrected chi connectivity index (χ4v) is 3.23. The van der Waals surface area contributed by atoms with Crippen LogP contribution in [0.2, 0.25) is 0 Å². The van der Waals surface area contributed by atoms with Crippen LogP contribution in [0.4, 0.5) is 0 Å². The number of amides is 1. The Bertz CT molecular complexity index is 301. The molecule has 0 aromatic carbocycles. The summed E-state index contributed by atoms with van der Waals surface area (Å²) >= 11 is 1.81. The molecule has 3 nitrogen and oxygen atoms in total. The predicted octanol–water partition coefficient (Wildman–Crippen LogP) is 1.65. The van der Waals surface area contributed by atoms with Crippen LogP contribution in [0.3, 0.4) is 0 Å². The third-order valence-electron chi connectivity index (χ3n) is 3.27. The fourth-order valence-electron chi connectivity index (χ4n) is 2.25. The average Bonchev–Trinajstić information content (AvgIpc) is 2.59. The molecule has 0 spiro atoms. The van der Waals surface area contributed by atoms with Gasteiger partial charge in [-0.25, -0.2) is 0 Å². The smallest absolute Gasteiger partial charge is 0.239 e. The fraction of sp³-hybridized carbons (Fsp3) is 0.750. The molecule has 1 amide bonds. The minimum atomic E-state index is -0.0622. The second-order valence-corrected chi connectivity index (χ2v) is 6.63. The van der Waals surface area contributed by atoms with Crippen LogP contribution in [-0.2, 0) is 4.79 Å². The van der Waals surface area contributed by atoms with E-state index >= 15 is 0 Å². The van der Waals surface area contributed by atoms with Crippen molar-refractivity contribution in [1.29, 1.82) is 0 Å². The van der Waals surface area contributed by atoms with Crippen molar-refractivity contribution in [3.63, 3.8) is 0 Å². The highest BCUT2D eigenvalue weighted by Gasteiger charge is 2.40. The van der Waals surface area contributed by atoms with Crippen LogP contribution in [0.15, 0.2) is 12.2 Å². The summed E-state index contributed by atoms with van der Waals surface area (Å²) in [5.41, 5.74) is 0. The number of rotatable bonds is 2. The zero-order valence-electron chi connectivity index (χ0n) is 9.95. The van der Waals surface area contributed by atoms with Crippen molar-refractivity contribution in [2.24, 2.45) is 0 Å². The second-order valence-electron chi connectivity index (χ2n) is 5.00. The molecule has 0 bridgehead atoms. The molecule has 1 aliphatic heterocycles. The van der Waals surface area contributed by atoms with E-state index in [0.717, 1.165) is 18.7 Å². The van der Waals surface area contributed by atoms with Crippen molar-refractivity contribution >= 4 is 17.7 Å². The number of hydrogen-bond donors (Lipinski definition) is 2. The van der Waals surface area contributed by atoms with Gasteiger partial charge in [0.25, 0.3) is 0 Å². The van der Waals surface area contributed by atoms with Crippen molar-refractivity contribution in [3.05, 3.63) is 12.2 Å². The molecule has 0 saturated carbocycles. The average molecular weight is 240 g/mol. The molecule has 0 aromatic rings. The molecule has 1 saturated heterocycles. The molecule has 1 fully saturated rings.